The average molecular weight is 378 g/mol. The molecule has 1 aliphatic heterocycles. The van der Waals surface area contributed by atoms with Crippen LogP contribution in [0.4, 0.5) is 5.13 Å². The van der Waals surface area contributed by atoms with Crippen molar-refractivity contribution in [1.29, 1.82) is 0 Å². The predicted molar refractivity (Wildman–Crippen MR) is 97.3 cm³/mol. The highest BCUT2D eigenvalue weighted by molar-refractivity contribution is 7.90. The van der Waals surface area contributed by atoms with Crippen LogP contribution in [0.15, 0.2) is 30.7 Å². The molecule has 4 rings (SSSR count). The first kappa shape index (κ1) is 16.4. The van der Waals surface area contributed by atoms with E-state index in [4.69, 9.17) is 0 Å². The molecule has 1 unspecified atom stereocenters. The van der Waals surface area contributed by atoms with Gasteiger partial charge in [0.2, 0.25) is 20.1 Å². The Morgan fingerprint density at radius 3 is 3.04 bits per heavy atom. The molecule has 1 atom stereocenters. The Bertz CT molecular complexity index is 951. The van der Waals surface area contributed by atoms with Crippen molar-refractivity contribution >= 4 is 31.5 Å². The summed E-state index contributed by atoms with van der Waals surface area (Å²) >= 11 is 1.47. The van der Waals surface area contributed by atoms with Crippen LogP contribution in [0.2, 0.25) is 0 Å². The van der Waals surface area contributed by atoms with Crippen molar-refractivity contribution in [3.05, 3.63) is 30.7 Å². The monoisotopic (exact) mass is 378 g/mol. The Hall–Kier alpha value is -2.04. The topological polar surface area (TPSA) is 92.5 Å². The SMILES string of the molecule is CCNS(=O)(=O)C1CCN(c2nn3cc(-c4cccnc4)nc3s2)C1. The summed E-state index contributed by atoms with van der Waals surface area (Å²) in [5.41, 5.74) is 1.77. The predicted octanol–water partition coefficient (Wildman–Crippen LogP) is 1.37. The molecule has 0 aromatic carbocycles. The van der Waals surface area contributed by atoms with Gasteiger partial charge in [0, 0.05) is 37.6 Å². The van der Waals surface area contributed by atoms with Crippen molar-refractivity contribution in [3.63, 3.8) is 0 Å². The number of aromatic nitrogens is 4. The van der Waals surface area contributed by atoms with Crippen molar-refractivity contribution in [2.24, 2.45) is 0 Å². The molecule has 10 heteroatoms. The summed E-state index contributed by atoms with van der Waals surface area (Å²) in [6.45, 7) is 3.35. The Balaban J connectivity index is 1.54. The third kappa shape index (κ3) is 3.12. The second-order valence-corrected chi connectivity index (χ2v) is 8.86. The second kappa shape index (κ2) is 6.36. The standard InChI is InChI=1S/C15H18N6O2S2/c1-2-17-25(22,23)12-5-7-20(9-12)15-19-21-10-13(18-14(21)24-15)11-4-3-6-16-8-11/h3-4,6,8,10,12,17H,2,5,7,9H2,1H3. The molecule has 3 aromatic heterocycles. The molecule has 4 heterocycles. The second-order valence-electron chi connectivity index (χ2n) is 5.88. The van der Waals surface area contributed by atoms with E-state index in [2.05, 4.69) is 19.8 Å². The molecule has 1 fully saturated rings. The molecular formula is C15H18N6O2S2. The van der Waals surface area contributed by atoms with Crippen LogP contribution in [0.25, 0.3) is 16.2 Å². The summed E-state index contributed by atoms with van der Waals surface area (Å²) < 4.78 is 28.6. The number of sulfonamides is 1. The number of hydrogen-bond donors (Lipinski definition) is 1. The van der Waals surface area contributed by atoms with E-state index >= 15 is 0 Å². The van der Waals surface area contributed by atoms with Crippen molar-refractivity contribution in [1.82, 2.24) is 24.3 Å². The third-order valence-electron chi connectivity index (χ3n) is 4.19. The number of anilines is 1. The molecule has 1 saturated heterocycles. The first-order valence-corrected chi connectivity index (χ1v) is 10.4. The van der Waals surface area contributed by atoms with Crippen LogP contribution in [0.5, 0.6) is 0 Å². The van der Waals surface area contributed by atoms with Crippen LogP contribution in [0, 0.1) is 0 Å². The van der Waals surface area contributed by atoms with Gasteiger partial charge in [-0.05, 0) is 18.6 Å². The first-order valence-electron chi connectivity index (χ1n) is 8.07. The molecule has 25 heavy (non-hydrogen) atoms. The summed E-state index contributed by atoms with van der Waals surface area (Å²) in [6.07, 6.45) is 5.97. The lowest BCUT2D eigenvalue weighted by Gasteiger charge is -2.14. The molecule has 0 radical (unpaired) electrons. The molecule has 0 spiro atoms. The lowest BCUT2D eigenvalue weighted by atomic mass is 10.2. The Morgan fingerprint density at radius 1 is 1.44 bits per heavy atom. The number of hydrogen-bond acceptors (Lipinski definition) is 7. The number of fused-ring (bicyclic) bond motifs is 1. The zero-order valence-corrected chi connectivity index (χ0v) is 15.3. The van der Waals surface area contributed by atoms with Gasteiger partial charge in [0.05, 0.1) is 17.1 Å². The number of imidazole rings is 1. The summed E-state index contributed by atoms with van der Waals surface area (Å²) in [5.74, 6) is 0. The van der Waals surface area contributed by atoms with E-state index in [9.17, 15) is 8.42 Å². The molecular weight excluding hydrogens is 360 g/mol. The van der Waals surface area contributed by atoms with E-state index in [0.29, 0.717) is 26.1 Å². The van der Waals surface area contributed by atoms with Gasteiger partial charge in [0.1, 0.15) is 0 Å². The van der Waals surface area contributed by atoms with E-state index in [1.165, 1.54) is 11.3 Å². The van der Waals surface area contributed by atoms with E-state index in [1.54, 1.807) is 23.8 Å². The largest absolute Gasteiger partial charge is 0.345 e. The Labute approximate surface area is 149 Å². The van der Waals surface area contributed by atoms with Gasteiger partial charge >= 0.3 is 0 Å². The Morgan fingerprint density at radius 2 is 2.32 bits per heavy atom. The van der Waals surface area contributed by atoms with Crippen molar-refractivity contribution in [2.45, 2.75) is 18.6 Å². The van der Waals surface area contributed by atoms with E-state index < -0.39 is 15.3 Å². The molecule has 0 aliphatic carbocycles. The zero-order valence-electron chi connectivity index (χ0n) is 13.7. The van der Waals surface area contributed by atoms with Gasteiger partial charge < -0.3 is 4.90 Å². The van der Waals surface area contributed by atoms with E-state index in [0.717, 1.165) is 21.3 Å². The number of pyridine rings is 1. The quantitative estimate of drug-likeness (QED) is 0.721. The normalized spacial score (nSPS) is 18.3. The summed E-state index contributed by atoms with van der Waals surface area (Å²) in [7, 11) is -3.25. The van der Waals surface area contributed by atoms with Crippen molar-refractivity contribution < 1.29 is 8.42 Å². The lowest BCUT2D eigenvalue weighted by Crippen LogP contribution is -2.36. The van der Waals surface area contributed by atoms with Gasteiger partial charge in [-0.15, -0.1) is 5.10 Å². The van der Waals surface area contributed by atoms with Gasteiger partial charge in [-0.25, -0.2) is 22.6 Å². The number of nitrogens with one attached hydrogen (secondary N) is 1. The molecule has 132 valence electrons. The molecule has 0 amide bonds. The molecule has 8 nitrogen and oxygen atoms in total. The third-order valence-corrected chi connectivity index (χ3v) is 7.13. The van der Waals surface area contributed by atoms with E-state index in [-0.39, 0.29) is 0 Å². The van der Waals surface area contributed by atoms with Crippen LogP contribution in [0.1, 0.15) is 13.3 Å². The Kier molecular flexibility index (Phi) is 4.18. The fourth-order valence-corrected chi connectivity index (χ4v) is 5.29. The van der Waals surface area contributed by atoms with Crippen LogP contribution in [0.3, 0.4) is 0 Å². The van der Waals surface area contributed by atoms with Crippen molar-refractivity contribution in [3.8, 4) is 11.3 Å². The van der Waals surface area contributed by atoms with Gasteiger partial charge in [0.25, 0.3) is 0 Å². The minimum Gasteiger partial charge on any atom is -0.345 e. The fourth-order valence-electron chi connectivity index (χ4n) is 2.95. The maximum atomic E-state index is 12.2. The van der Waals surface area contributed by atoms with Gasteiger partial charge in [-0.1, -0.05) is 18.3 Å². The smallest absolute Gasteiger partial charge is 0.216 e. The van der Waals surface area contributed by atoms with Gasteiger partial charge in [0.15, 0.2) is 0 Å². The van der Waals surface area contributed by atoms with Crippen LogP contribution in [-0.4, -0.2) is 52.9 Å². The molecule has 1 N–H and O–H groups in total. The van der Waals surface area contributed by atoms with Crippen molar-refractivity contribution in [2.75, 3.05) is 24.5 Å². The molecule has 1 aliphatic rings. The fraction of sp³-hybridized carbons (Fsp3) is 0.400. The maximum absolute atomic E-state index is 12.2. The summed E-state index contributed by atoms with van der Waals surface area (Å²) in [4.78, 5) is 11.5. The number of rotatable bonds is 5. The molecule has 0 bridgehead atoms. The van der Waals surface area contributed by atoms with Gasteiger partial charge in [-0.2, -0.15) is 0 Å². The lowest BCUT2D eigenvalue weighted by molar-refractivity contribution is 0.571. The minimum absolute atomic E-state index is 0.394. The highest BCUT2D eigenvalue weighted by Gasteiger charge is 2.34. The highest BCUT2D eigenvalue weighted by atomic mass is 32.2. The number of nitrogens with zero attached hydrogens (tertiary/aromatic N) is 5. The molecule has 3 aromatic rings. The first-order chi connectivity index (χ1) is 12.1. The minimum atomic E-state index is -3.25. The van der Waals surface area contributed by atoms with Crippen LogP contribution < -0.4 is 9.62 Å². The van der Waals surface area contributed by atoms with Crippen LogP contribution >= 0.6 is 11.3 Å². The average Bonchev–Trinajstić information content (AvgIpc) is 3.29. The summed E-state index contributed by atoms with van der Waals surface area (Å²) in [5, 5.41) is 4.97. The van der Waals surface area contributed by atoms with Gasteiger partial charge in [-0.3, -0.25) is 4.98 Å². The van der Waals surface area contributed by atoms with Crippen LogP contribution in [-0.2, 0) is 10.0 Å². The summed E-state index contributed by atoms with van der Waals surface area (Å²) in [6, 6.07) is 3.83. The highest BCUT2D eigenvalue weighted by Crippen LogP contribution is 2.29. The zero-order chi connectivity index (χ0) is 17.4. The molecule has 0 saturated carbocycles. The van der Waals surface area contributed by atoms with E-state index in [1.807, 2.05) is 23.2 Å². The maximum Gasteiger partial charge on any atom is 0.216 e.